The minimum absolute atomic E-state index is 0.505. The molecule has 1 fully saturated rings. The zero-order chi connectivity index (χ0) is 15.2. The Morgan fingerprint density at radius 3 is 2.41 bits per heavy atom. The van der Waals surface area contributed by atoms with E-state index < -0.39 is 0 Å². The normalized spacial score (nSPS) is 20.5. The van der Waals surface area contributed by atoms with E-state index in [0.717, 1.165) is 18.9 Å². The van der Waals surface area contributed by atoms with Crippen molar-refractivity contribution in [2.75, 3.05) is 13.6 Å². The van der Waals surface area contributed by atoms with Crippen LogP contribution in [0, 0.1) is 0 Å². The SMILES string of the molecule is CN=C(NCCc1ccccc1)NC1CC1c1ccccc1. The fraction of sp³-hybridized carbons (Fsp3) is 0.316. The van der Waals surface area contributed by atoms with Gasteiger partial charge in [-0.1, -0.05) is 60.7 Å². The number of hydrogen-bond donors (Lipinski definition) is 2. The van der Waals surface area contributed by atoms with E-state index >= 15 is 0 Å². The van der Waals surface area contributed by atoms with Crippen molar-refractivity contribution in [1.29, 1.82) is 0 Å². The molecule has 0 aliphatic heterocycles. The fourth-order valence-electron chi connectivity index (χ4n) is 2.76. The van der Waals surface area contributed by atoms with E-state index in [9.17, 15) is 0 Å². The molecule has 2 aromatic rings. The molecule has 1 aliphatic carbocycles. The Hall–Kier alpha value is -2.29. The Labute approximate surface area is 132 Å². The second-order valence-electron chi connectivity index (χ2n) is 5.74. The summed E-state index contributed by atoms with van der Waals surface area (Å²) in [6, 6.07) is 21.7. The van der Waals surface area contributed by atoms with Crippen molar-refractivity contribution in [1.82, 2.24) is 10.6 Å². The van der Waals surface area contributed by atoms with Crippen LogP contribution >= 0.6 is 0 Å². The van der Waals surface area contributed by atoms with E-state index in [2.05, 4.69) is 70.2 Å². The summed E-state index contributed by atoms with van der Waals surface area (Å²) in [6.07, 6.45) is 2.19. The predicted octanol–water partition coefficient (Wildman–Crippen LogP) is 2.95. The number of nitrogens with one attached hydrogen (secondary N) is 2. The molecule has 114 valence electrons. The summed E-state index contributed by atoms with van der Waals surface area (Å²) in [5.41, 5.74) is 2.76. The molecule has 0 saturated heterocycles. The Balaban J connectivity index is 1.44. The first-order valence-electron chi connectivity index (χ1n) is 7.93. The van der Waals surface area contributed by atoms with Gasteiger partial charge in [0.05, 0.1) is 0 Å². The molecule has 0 aromatic heterocycles. The van der Waals surface area contributed by atoms with Gasteiger partial charge in [0.2, 0.25) is 0 Å². The van der Waals surface area contributed by atoms with Gasteiger partial charge < -0.3 is 10.6 Å². The lowest BCUT2D eigenvalue weighted by Crippen LogP contribution is -2.39. The lowest BCUT2D eigenvalue weighted by Gasteiger charge is -2.12. The van der Waals surface area contributed by atoms with Crippen LogP contribution in [0.15, 0.2) is 65.7 Å². The molecule has 3 rings (SSSR count). The highest BCUT2D eigenvalue weighted by Gasteiger charge is 2.38. The molecule has 2 atom stereocenters. The van der Waals surface area contributed by atoms with Crippen LogP contribution in [-0.2, 0) is 6.42 Å². The number of aliphatic imine (C=N–C) groups is 1. The van der Waals surface area contributed by atoms with Crippen molar-refractivity contribution in [2.45, 2.75) is 24.8 Å². The van der Waals surface area contributed by atoms with Gasteiger partial charge >= 0.3 is 0 Å². The van der Waals surface area contributed by atoms with Crippen LogP contribution in [0.25, 0.3) is 0 Å². The van der Waals surface area contributed by atoms with Gasteiger partial charge in [0.25, 0.3) is 0 Å². The quantitative estimate of drug-likeness (QED) is 0.657. The second kappa shape index (κ2) is 7.12. The van der Waals surface area contributed by atoms with Crippen LogP contribution in [-0.4, -0.2) is 25.6 Å². The zero-order valence-corrected chi connectivity index (χ0v) is 13.0. The monoisotopic (exact) mass is 293 g/mol. The standard InChI is InChI=1S/C19H23N3/c1-20-19(21-13-12-15-8-4-2-5-9-15)22-18-14-17(18)16-10-6-3-7-11-16/h2-11,17-18H,12-14H2,1H3,(H2,20,21,22). The summed E-state index contributed by atoms with van der Waals surface area (Å²) in [4.78, 5) is 4.32. The van der Waals surface area contributed by atoms with Crippen molar-refractivity contribution in [3.8, 4) is 0 Å². The molecule has 0 spiro atoms. The van der Waals surface area contributed by atoms with E-state index in [4.69, 9.17) is 0 Å². The topological polar surface area (TPSA) is 36.4 Å². The highest BCUT2D eigenvalue weighted by atomic mass is 15.2. The Kier molecular flexibility index (Phi) is 4.74. The average Bonchev–Trinajstić information content (AvgIpc) is 3.35. The maximum Gasteiger partial charge on any atom is 0.191 e. The van der Waals surface area contributed by atoms with Gasteiger partial charge in [-0.15, -0.1) is 0 Å². The van der Waals surface area contributed by atoms with E-state index in [1.54, 1.807) is 0 Å². The third-order valence-electron chi connectivity index (χ3n) is 4.11. The van der Waals surface area contributed by atoms with Gasteiger partial charge in [-0.05, 0) is 24.0 Å². The molecule has 1 saturated carbocycles. The largest absolute Gasteiger partial charge is 0.356 e. The summed E-state index contributed by atoms with van der Waals surface area (Å²) < 4.78 is 0. The summed E-state index contributed by atoms with van der Waals surface area (Å²) >= 11 is 0. The number of rotatable bonds is 5. The third-order valence-corrected chi connectivity index (χ3v) is 4.11. The first-order chi connectivity index (χ1) is 10.9. The molecule has 0 amide bonds. The van der Waals surface area contributed by atoms with Crippen LogP contribution in [0.2, 0.25) is 0 Å². The Bertz CT molecular complexity index is 607. The first kappa shape index (κ1) is 14.6. The molecule has 22 heavy (non-hydrogen) atoms. The van der Waals surface area contributed by atoms with Gasteiger partial charge in [-0.3, -0.25) is 4.99 Å². The van der Waals surface area contributed by atoms with Crippen molar-refractivity contribution in [3.63, 3.8) is 0 Å². The molecule has 2 aromatic carbocycles. The molecule has 3 nitrogen and oxygen atoms in total. The minimum Gasteiger partial charge on any atom is -0.356 e. The number of hydrogen-bond acceptors (Lipinski definition) is 1. The van der Waals surface area contributed by atoms with Gasteiger partial charge in [-0.2, -0.15) is 0 Å². The molecule has 3 heteroatoms. The highest BCUT2D eigenvalue weighted by molar-refractivity contribution is 5.80. The van der Waals surface area contributed by atoms with E-state index in [0.29, 0.717) is 12.0 Å². The van der Waals surface area contributed by atoms with Crippen LogP contribution in [0.3, 0.4) is 0 Å². The van der Waals surface area contributed by atoms with E-state index in [1.165, 1.54) is 17.5 Å². The lowest BCUT2D eigenvalue weighted by atomic mass is 10.1. The molecule has 2 N–H and O–H groups in total. The van der Waals surface area contributed by atoms with Crippen LogP contribution in [0.4, 0.5) is 0 Å². The number of nitrogens with zero attached hydrogens (tertiary/aromatic N) is 1. The lowest BCUT2D eigenvalue weighted by molar-refractivity contribution is 0.780. The molecule has 0 heterocycles. The van der Waals surface area contributed by atoms with Crippen LogP contribution in [0.5, 0.6) is 0 Å². The second-order valence-corrected chi connectivity index (χ2v) is 5.74. The van der Waals surface area contributed by atoms with Crippen LogP contribution < -0.4 is 10.6 Å². The van der Waals surface area contributed by atoms with Crippen molar-refractivity contribution < 1.29 is 0 Å². The fourth-order valence-corrected chi connectivity index (χ4v) is 2.76. The molecule has 2 unspecified atom stereocenters. The first-order valence-corrected chi connectivity index (χ1v) is 7.93. The molecule has 0 radical (unpaired) electrons. The minimum atomic E-state index is 0.505. The zero-order valence-electron chi connectivity index (χ0n) is 13.0. The molecule has 0 bridgehead atoms. The van der Waals surface area contributed by atoms with Gasteiger partial charge in [0, 0.05) is 25.6 Å². The van der Waals surface area contributed by atoms with E-state index in [1.807, 2.05) is 13.1 Å². The Morgan fingerprint density at radius 2 is 1.73 bits per heavy atom. The highest BCUT2D eigenvalue weighted by Crippen LogP contribution is 2.40. The number of benzene rings is 2. The Morgan fingerprint density at radius 1 is 1.05 bits per heavy atom. The van der Waals surface area contributed by atoms with Crippen LogP contribution in [0.1, 0.15) is 23.5 Å². The molecular formula is C19H23N3. The van der Waals surface area contributed by atoms with Crippen molar-refractivity contribution in [2.24, 2.45) is 4.99 Å². The maximum atomic E-state index is 4.32. The van der Waals surface area contributed by atoms with Gasteiger partial charge in [0.1, 0.15) is 0 Å². The summed E-state index contributed by atoms with van der Waals surface area (Å²) in [5, 5.41) is 6.91. The van der Waals surface area contributed by atoms with Crippen molar-refractivity contribution in [3.05, 3.63) is 71.8 Å². The summed E-state index contributed by atoms with van der Waals surface area (Å²) in [6.45, 7) is 0.895. The maximum absolute atomic E-state index is 4.32. The van der Waals surface area contributed by atoms with E-state index in [-0.39, 0.29) is 0 Å². The summed E-state index contributed by atoms with van der Waals surface area (Å²) in [5.74, 6) is 1.52. The smallest absolute Gasteiger partial charge is 0.191 e. The summed E-state index contributed by atoms with van der Waals surface area (Å²) in [7, 11) is 1.83. The molecule has 1 aliphatic rings. The van der Waals surface area contributed by atoms with Crippen molar-refractivity contribution >= 4 is 5.96 Å². The molecular weight excluding hydrogens is 270 g/mol. The third kappa shape index (κ3) is 3.88. The predicted molar refractivity (Wildman–Crippen MR) is 92.2 cm³/mol. The average molecular weight is 293 g/mol. The van der Waals surface area contributed by atoms with Gasteiger partial charge in [-0.25, -0.2) is 0 Å². The number of guanidine groups is 1. The van der Waals surface area contributed by atoms with Gasteiger partial charge in [0.15, 0.2) is 5.96 Å².